The second-order valence-electron chi connectivity index (χ2n) is 9.89. The van der Waals surface area contributed by atoms with Crippen LogP contribution < -0.4 is 5.73 Å². The van der Waals surface area contributed by atoms with Gasteiger partial charge in [0, 0.05) is 16.2 Å². The Balaban J connectivity index is 1.16. The zero-order chi connectivity index (χ0) is 30.0. The number of nitrogen functional groups attached to an aromatic ring is 1. The van der Waals surface area contributed by atoms with Gasteiger partial charge in [0.05, 0.1) is 17.1 Å². The molecule has 0 heterocycles. The van der Waals surface area contributed by atoms with Crippen molar-refractivity contribution in [3.63, 3.8) is 0 Å². The summed E-state index contributed by atoms with van der Waals surface area (Å²) in [7, 11) is -4.49. The first-order chi connectivity index (χ1) is 20.8. The Morgan fingerprint density at radius 1 is 0.628 bits per heavy atom. The minimum absolute atomic E-state index is 0.0747. The zero-order valence-electron chi connectivity index (χ0n) is 22.7. The Morgan fingerprint density at radius 3 is 1.81 bits per heavy atom. The molecule has 212 valence electrons. The van der Waals surface area contributed by atoms with Gasteiger partial charge in [0.1, 0.15) is 22.0 Å². The first-order valence-electron chi connectivity index (χ1n) is 13.3. The third-order valence-corrected chi connectivity index (χ3v) is 7.90. The van der Waals surface area contributed by atoms with Crippen LogP contribution in [0.25, 0.3) is 21.5 Å². The molecule has 0 saturated heterocycles. The molecule has 6 aromatic carbocycles. The lowest BCUT2D eigenvalue weighted by molar-refractivity contribution is 0.477. The van der Waals surface area contributed by atoms with Crippen LogP contribution in [0.1, 0.15) is 11.1 Å². The fourth-order valence-electron chi connectivity index (χ4n) is 4.81. The molecule has 6 aromatic rings. The van der Waals surface area contributed by atoms with Gasteiger partial charge in [-0.1, -0.05) is 78.9 Å². The predicted molar refractivity (Wildman–Crippen MR) is 168 cm³/mol. The largest absolute Gasteiger partial charge is 0.506 e. The molecule has 0 fully saturated rings. The van der Waals surface area contributed by atoms with Gasteiger partial charge >= 0.3 is 0 Å². The maximum Gasteiger partial charge on any atom is 0.295 e. The van der Waals surface area contributed by atoms with E-state index < -0.39 is 10.1 Å². The second kappa shape index (κ2) is 11.4. The Morgan fingerprint density at radius 2 is 1.19 bits per heavy atom. The van der Waals surface area contributed by atoms with Crippen molar-refractivity contribution in [1.29, 1.82) is 0 Å². The number of fused-ring (bicyclic) bond motifs is 2. The van der Waals surface area contributed by atoms with Gasteiger partial charge in [0.15, 0.2) is 0 Å². The molecule has 0 atom stereocenters. The Labute approximate surface area is 247 Å². The van der Waals surface area contributed by atoms with Crippen molar-refractivity contribution in [3.8, 4) is 5.75 Å². The van der Waals surface area contributed by atoms with E-state index in [1.807, 2.05) is 66.7 Å². The third kappa shape index (κ3) is 5.96. The summed E-state index contributed by atoms with van der Waals surface area (Å²) < 4.78 is 33.6. The van der Waals surface area contributed by atoms with Crippen molar-refractivity contribution >= 4 is 60.1 Å². The van der Waals surface area contributed by atoms with E-state index in [4.69, 9.17) is 5.73 Å². The predicted octanol–water partition coefficient (Wildman–Crippen LogP) is 8.95. The van der Waals surface area contributed by atoms with E-state index in [1.54, 1.807) is 42.5 Å². The molecule has 0 bridgehead atoms. The van der Waals surface area contributed by atoms with E-state index >= 15 is 0 Å². The minimum atomic E-state index is -4.49. The van der Waals surface area contributed by atoms with Crippen molar-refractivity contribution in [3.05, 3.63) is 126 Å². The number of hydrogen-bond acceptors (Lipinski definition) is 8. The molecule has 0 aliphatic carbocycles. The van der Waals surface area contributed by atoms with Crippen LogP contribution in [0.15, 0.2) is 141 Å². The summed E-state index contributed by atoms with van der Waals surface area (Å²) in [5.74, 6) is 0.0747. The van der Waals surface area contributed by atoms with Crippen LogP contribution in [-0.4, -0.2) is 18.1 Å². The molecule has 0 unspecified atom stereocenters. The molecule has 9 nitrogen and oxygen atoms in total. The van der Waals surface area contributed by atoms with Crippen molar-refractivity contribution in [1.82, 2.24) is 0 Å². The number of aromatic hydroxyl groups is 1. The number of phenols is 1. The van der Waals surface area contributed by atoms with Gasteiger partial charge in [0.25, 0.3) is 10.1 Å². The van der Waals surface area contributed by atoms with Gasteiger partial charge in [-0.05, 0) is 59.3 Å². The highest BCUT2D eigenvalue weighted by Crippen LogP contribution is 2.37. The number of phenolic OH excluding ortho intramolecular Hbond substituents is 1. The van der Waals surface area contributed by atoms with Crippen molar-refractivity contribution < 1.29 is 18.1 Å². The quantitative estimate of drug-likeness (QED) is 0.0967. The topological polar surface area (TPSA) is 150 Å². The maximum atomic E-state index is 12.0. The molecule has 0 aliphatic heterocycles. The van der Waals surface area contributed by atoms with Crippen LogP contribution in [-0.2, 0) is 16.5 Å². The molecule has 0 spiro atoms. The summed E-state index contributed by atoms with van der Waals surface area (Å²) in [5.41, 5.74) is 10.4. The highest BCUT2D eigenvalue weighted by Gasteiger charge is 2.18. The summed E-state index contributed by atoms with van der Waals surface area (Å²) in [5, 5.41) is 29.9. The molecule has 4 N–H and O–H groups in total. The molecule has 43 heavy (non-hydrogen) atoms. The zero-order valence-corrected chi connectivity index (χ0v) is 23.5. The van der Waals surface area contributed by atoms with E-state index in [2.05, 4.69) is 20.5 Å². The lowest BCUT2D eigenvalue weighted by Crippen LogP contribution is -2.01. The number of rotatable bonds is 7. The monoisotopic (exact) mass is 587 g/mol. The molecule has 0 aromatic heterocycles. The number of hydrogen-bond donors (Lipinski definition) is 3. The van der Waals surface area contributed by atoms with Gasteiger partial charge < -0.3 is 10.8 Å². The average Bonchev–Trinajstić information content (AvgIpc) is 3.01. The summed E-state index contributed by atoms with van der Waals surface area (Å²) in [6, 6.07) is 34.2. The van der Waals surface area contributed by atoms with Gasteiger partial charge in [-0.15, -0.1) is 10.2 Å². The van der Waals surface area contributed by atoms with E-state index in [9.17, 15) is 18.1 Å². The molecule has 0 amide bonds. The average molecular weight is 588 g/mol. The maximum absolute atomic E-state index is 12.0. The summed E-state index contributed by atoms with van der Waals surface area (Å²) in [6.07, 6.45) is 0.675. The van der Waals surface area contributed by atoms with E-state index in [1.165, 1.54) is 6.07 Å². The Hall–Kier alpha value is -5.45. The third-order valence-electron chi connectivity index (χ3n) is 7.00. The van der Waals surface area contributed by atoms with Gasteiger partial charge in [-0.2, -0.15) is 18.6 Å². The van der Waals surface area contributed by atoms with Crippen LogP contribution in [0.2, 0.25) is 0 Å². The second-order valence-corrected chi connectivity index (χ2v) is 11.3. The van der Waals surface area contributed by atoms with Gasteiger partial charge in [-0.3, -0.25) is 4.55 Å². The minimum Gasteiger partial charge on any atom is -0.506 e. The fourth-order valence-corrected chi connectivity index (χ4v) is 5.53. The number of anilines is 1. The standard InChI is InChI=1S/C33H25N5O4S/c34-32-28-8-4-3-7-27(28)31(43(40,41)42)20-29(32)37-35-24-14-9-21(10-15-24)19-22-11-16-25(17-12-22)36-38-33-26-6-2-1-5-23(26)13-18-30(33)39/h1-18,20,39H,19,34H2,(H,40,41,42). The molecule has 10 heteroatoms. The Kier molecular flexibility index (Phi) is 7.37. The van der Waals surface area contributed by atoms with Gasteiger partial charge in [0.2, 0.25) is 0 Å². The van der Waals surface area contributed by atoms with Crippen LogP contribution in [0.5, 0.6) is 5.75 Å². The number of nitrogens with two attached hydrogens (primary N) is 1. The number of nitrogens with zero attached hydrogens (tertiary/aromatic N) is 4. The van der Waals surface area contributed by atoms with E-state index in [0.29, 0.717) is 34.3 Å². The number of azo groups is 2. The molecule has 0 saturated carbocycles. The van der Waals surface area contributed by atoms with Crippen molar-refractivity contribution in [2.45, 2.75) is 11.3 Å². The van der Waals surface area contributed by atoms with Crippen LogP contribution >= 0.6 is 0 Å². The highest BCUT2D eigenvalue weighted by molar-refractivity contribution is 7.86. The summed E-state index contributed by atoms with van der Waals surface area (Å²) in [6.45, 7) is 0. The molecular formula is C33H25N5O4S. The van der Waals surface area contributed by atoms with Crippen LogP contribution in [0.3, 0.4) is 0 Å². The van der Waals surface area contributed by atoms with Crippen LogP contribution in [0, 0.1) is 0 Å². The molecule has 0 aliphatic rings. The summed E-state index contributed by atoms with van der Waals surface area (Å²) in [4.78, 5) is -0.277. The van der Waals surface area contributed by atoms with E-state index in [0.717, 1.165) is 21.9 Å². The van der Waals surface area contributed by atoms with Crippen LogP contribution in [0.4, 0.5) is 28.4 Å². The highest BCUT2D eigenvalue weighted by atomic mass is 32.2. The first kappa shape index (κ1) is 27.7. The first-order valence-corrected chi connectivity index (χ1v) is 14.7. The van der Waals surface area contributed by atoms with Gasteiger partial charge in [-0.25, -0.2) is 0 Å². The lowest BCUT2D eigenvalue weighted by Gasteiger charge is -2.09. The molecular weight excluding hydrogens is 562 g/mol. The van der Waals surface area contributed by atoms with Crippen molar-refractivity contribution in [2.24, 2.45) is 20.5 Å². The SMILES string of the molecule is Nc1c(N=Nc2ccc(Cc3ccc(N=Nc4c(O)ccc5ccccc45)cc3)cc2)cc(S(=O)(=O)O)c2ccccc12. The molecule has 0 radical (unpaired) electrons. The number of benzene rings is 6. The lowest BCUT2D eigenvalue weighted by atomic mass is 10.0. The fraction of sp³-hybridized carbons (Fsp3) is 0.0303. The normalized spacial score (nSPS) is 12.1. The smallest absolute Gasteiger partial charge is 0.295 e. The molecule has 6 rings (SSSR count). The Bertz CT molecular complexity index is 2140. The summed E-state index contributed by atoms with van der Waals surface area (Å²) >= 11 is 0. The van der Waals surface area contributed by atoms with E-state index in [-0.39, 0.29) is 22.0 Å². The van der Waals surface area contributed by atoms with Crippen molar-refractivity contribution in [2.75, 3.05) is 5.73 Å².